The molecule has 1 aliphatic rings. The zero-order valence-corrected chi connectivity index (χ0v) is 15.4. The maximum absolute atomic E-state index is 4.77. The number of likely N-dealkylation sites (tertiary alicyclic amines) is 1. The molecule has 1 saturated heterocycles. The van der Waals surface area contributed by atoms with Crippen molar-refractivity contribution in [3.63, 3.8) is 0 Å². The van der Waals surface area contributed by atoms with E-state index in [-0.39, 0.29) is 0 Å². The molecule has 1 aliphatic heterocycles. The zero-order chi connectivity index (χ0) is 17.6. The summed E-state index contributed by atoms with van der Waals surface area (Å²) in [7, 11) is 1.88. The van der Waals surface area contributed by atoms with Crippen LogP contribution in [0.15, 0.2) is 17.5 Å². The van der Waals surface area contributed by atoms with Crippen LogP contribution in [0.5, 0.6) is 0 Å². The van der Waals surface area contributed by atoms with Crippen LogP contribution in [0.1, 0.15) is 26.7 Å². The summed E-state index contributed by atoms with van der Waals surface area (Å²) in [5.41, 5.74) is 0.830. The Morgan fingerprint density at radius 2 is 2.12 bits per heavy atom. The van der Waals surface area contributed by atoms with Crippen molar-refractivity contribution in [2.75, 3.05) is 38.0 Å². The average Bonchev–Trinajstić information content (AvgIpc) is 3.00. The Hall–Kier alpha value is -2.38. The van der Waals surface area contributed by atoms with Crippen molar-refractivity contribution in [2.24, 2.45) is 18.0 Å². The van der Waals surface area contributed by atoms with Crippen LogP contribution in [-0.2, 0) is 7.05 Å². The molecule has 2 N–H and O–H groups in total. The maximum atomic E-state index is 4.77. The molecule has 0 unspecified atom stereocenters. The van der Waals surface area contributed by atoms with Crippen LogP contribution in [0.4, 0.5) is 5.82 Å². The molecule has 136 valence electrons. The van der Waals surface area contributed by atoms with Gasteiger partial charge in [-0.1, -0.05) is 6.92 Å². The van der Waals surface area contributed by atoms with Gasteiger partial charge in [0.15, 0.2) is 11.6 Å². The van der Waals surface area contributed by atoms with Gasteiger partial charge in [0.05, 0.1) is 18.1 Å². The lowest BCUT2D eigenvalue weighted by atomic mass is 10.00. The minimum absolute atomic E-state index is 0.695. The van der Waals surface area contributed by atoms with E-state index in [2.05, 4.69) is 44.4 Å². The SMILES string of the molecule is CCNC(=NCCNc1ncnc2c1cnn2C)N1CCC(C)CC1. The van der Waals surface area contributed by atoms with Gasteiger partial charge < -0.3 is 15.5 Å². The van der Waals surface area contributed by atoms with Gasteiger partial charge in [0.2, 0.25) is 0 Å². The van der Waals surface area contributed by atoms with Crippen LogP contribution in [0.2, 0.25) is 0 Å². The summed E-state index contributed by atoms with van der Waals surface area (Å²) >= 11 is 0. The van der Waals surface area contributed by atoms with Crippen molar-refractivity contribution in [2.45, 2.75) is 26.7 Å². The van der Waals surface area contributed by atoms with Gasteiger partial charge >= 0.3 is 0 Å². The molecule has 3 heterocycles. The first-order valence-corrected chi connectivity index (χ1v) is 9.09. The van der Waals surface area contributed by atoms with Crippen molar-refractivity contribution < 1.29 is 0 Å². The highest BCUT2D eigenvalue weighted by Gasteiger charge is 2.18. The third-order valence-electron chi connectivity index (χ3n) is 4.61. The van der Waals surface area contributed by atoms with Gasteiger partial charge in [-0.05, 0) is 25.7 Å². The first kappa shape index (κ1) is 17.4. The maximum Gasteiger partial charge on any atom is 0.193 e. The van der Waals surface area contributed by atoms with Crippen molar-refractivity contribution >= 4 is 22.8 Å². The third kappa shape index (κ3) is 4.18. The molecule has 25 heavy (non-hydrogen) atoms. The van der Waals surface area contributed by atoms with Gasteiger partial charge in [-0.2, -0.15) is 5.10 Å². The molecular formula is C17H28N8. The molecular weight excluding hydrogens is 316 g/mol. The largest absolute Gasteiger partial charge is 0.367 e. The van der Waals surface area contributed by atoms with E-state index in [1.165, 1.54) is 12.8 Å². The Labute approximate surface area is 148 Å². The Kier molecular flexibility index (Phi) is 5.67. The first-order valence-electron chi connectivity index (χ1n) is 9.09. The van der Waals surface area contributed by atoms with E-state index < -0.39 is 0 Å². The second kappa shape index (κ2) is 8.13. The van der Waals surface area contributed by atoms with E-state index >= 15 is 0 Å². The standard InChI is InChI=1S/C17H28N8/c1-4-18-17(25-9-5-13(2)6-10-25)20-8-7-19-15-14-11-23-24(3)16(14)22-12-21-15/h11-13H,4-10H2,1-3H3,(H,18,20)(H,19,21,22). The van der Waals surface area contributed by atoms with Gasteiger partial charge in [-0.25, -0.2) is 9.97 Å². The van der Waals surface area contributed by atoms with Gasteiger partial charge in [-0.3, -0.25) is 9.67 Å². The van der Waals surface area contributed by atoms with E-state index in [0.29, 0.717) is 6.54 Å². The molecule has 1 fully saturated rings. The Bertz CT molecular complexity index is 715. The number of fused-ring (bicyclic) bond motifs is 1. The highest BCUT2D eigenvalue weighted by atomic mass is 15.3. The highest BCUT2D eigenvalue weighted by Crippen LogP contribution is 2.17. The van der Waals surface area contributed by atoms with Gasteiger partial charge in [-0.15, -0.1) is 0 Å². The van der Waals surface area contributed by atoms with Crippen LogP contribution in [-0.4, -0.2) is 63.3 Å². The predicted octanol–water partition coefficient (Wildman–Crippen LogP) is 1.47. The van der Waals surface area contributed by atoms with E-state index in [4.69, 9.17) is 4.99 Å². The molecule has 0 aliphatic carbocycles. The number of hydrogen-bond acceptors (Lipinski definition) is 5. The monoisotopic (exact) mass is 344 g/mol. The summed E-state index contributed by atoms with van der Waals surface area (Å²) in [4.78, 5) is 15.7. The van der Waals surface area contributed by atoms with Crippen LogP contribution >= 0.6 is 0 Å². The minimum Gasteiger partial charge on any atom is -0.367 e. The summed E-state index contributed by atoms with van der Waals surface area (Å²) in [6.07, 6.45) is 5.83. The number of nitrogens with one attached hydrogen (secondary N) is 2. The Balaban J connectivity index is 1.58. The number of guanidine groups is 1. The molecule has 8 heteroatoms. The molecule has 0 aromatic carbocycles. The average molecular weight is 344 g/mol. The zero-order valence-electron chi connectivity index (χ0n) is 15.4. The van der Waals surface area contributed by atoms with Crippen LogP contribution in [0.3, 0.4) is 0 Å². The molecule has 2 aromatic heterocycles. The number of nitrogens with zero attached hydrogens (tertiary/aromatic N) is 6. The van der Waals surface area contributed by atoms with Crippen LogP contribution < -0.4 is 10.6 Å². The quantitative estimate of drug-likeness (QED) is 0.486. The molecule has 2 aromatic rings. The van der Waals surface area contributed by atoms with E-state index in [1.807, 2.05) is 7.05 Å². The van der Waals surface area contributed by atoms with E-state index in [0.717, 1.165) is 54.9 Å². The normalized spacial score (nSPS) is 16.4. The number of aryl methyl sites for hydroxylation is 1. The molecule has 0 atom stereocenters. The lowest BCUT2D eigenvalue weighted by Crippen LogP contribution is -2.45. The van der Waals surface area contributed by atoms with Crippen LogP contribution in [0.25, 0.3) is 11.0 Å². The smallest absolute Gasteiger partial charge is 0.193 e. The summed E-state index contributed by atoms with van der Waals surface area (Å²) in [6, 6.07) is 0. The molecule has 0 saturated carbocycles. The summed E-state index contributed by atoms with van der Waals surface area (Å²) in [5.74, 6) is 2.65. The molecule has 0 spiro atoms. The van der Waals surface area contributed by atoms with Crippen molar-refractivity contribution in [3.8, 4) is 0 Å². The fourth-order valence-corrected chi connectivity index (χ4v) is 3.09. The van der Waals surface area contributed by atoms with E-state index in [9.17, 15) is 0 Å². The summed E-state index contributed by atoms with van der Waals surface area (Å²) in [6.45, 7) is 8.92. The molecule has 3 rings (SSSR count). The van der Waals surface area contributed by atoms with Gasteiger partial charge in [0, 0.05) is 33.2 Å². The number of aliphatic imine (C=N–C) groups is 1. The molecule has 0 radical (unpaired) electrons. The number of hydrogen-bond donors (Lipinski definition) is 2. The molecule has 8 nitrogen and oxygen atoms in total. The van der Waals surface area contributed by atoms with Crippen molar-refractivity contribution in [1.29, 1.82) is 0 Å². The summed E-state index contributed by atoms with van der Waals surface area (Å²) in [5, 5.41) is 11.9. The number of piperidine rings is 1. The third-order valence-corrected chi connectivity index (χ3v) is 4.61. The number of rotatable bonds is 5. The predicted molar refractivity (Wildman–Crippen MR) is 101 cm³/mol. The lowest BCUT2D eigenvalue weighted by Gasteiger charge is -2.33. The molecule has 0 amide bonds. The molecule has 0 bridgehead atoms. The topological polar surface area (TPSA) is 83.3 Å². The van der Waals surface area contributed by atoms with Crippen molar-refractivity contribution in [3.05, 3.63) is 12.5 Å². The fraction of sp³-hybridized carbons (Fsp3) is 0.647. The Morgan fingerprint density at radius 1 is 1.32 bits per heavy atom. The first-order chi connectivity index (χ1) is 12.2. The Morgan fingerprint density at radius 3 is 2.88 bits per heavy atom. The second-order valence-corrected chi connectivity index (χ2v) is 6.56. The summed E-state index contributed by atoms with van der Waals surface area (Å²) < 4.78 is 1.75. The minimum atomic E-state index is 0.695. The number of anilines is 1. The van der Waals surface area contributed by atoms with E-state index in [1.54, 1.807) is 17.2 Å². The fourth-order valence-electron chi connectivity index (χ4n) is 3.09. The number of aromatic nitrogens is 4. The van der Waals surface area contributed by atoms with Gasteiger partial charge in [0.1, 0.15) is 12.1 Å². The van der Waals surface area contributed by atoms with Gasteiger partial charge in [0.25, 0.3) is 0 Å². The lowest BCUT2D eigenvalue weighted by molar-refractivity contribution is 0.273. The highest BCUT2D eigenvalue weighted by molar-refractivity contribution is 5.86. The second-order valence-electron chi connectivity index (χ2n) is 6.56. The van der Waals surface area contributed by atoms with Crippen LogP contribution in [0, 0.1) is 5.92 Å². The van der Waals surface area contributed by atoms with Crippen molar-refractivity contribution in [1.82, 2.24) is 30.0 Å².